The molecule has 104 valence electrons. The van der Waals surface area contributed by atoms with Gasteiger partial charge in [0, 0.05) is 5.69 Å². The van der Waals surface area contributed by atoms with E-state index in [0.29, 0.717) is 5.69 Å². The summed E-state index contributed by atoms with van der Waals surface area (Å²) < 4.78 is 5.24. The van der Waals surface area contributed by atoms with Crippen molar-refractivity contribution in [2.75, 3.05) is 11.9 Å². The molecular formula is C12H15NO6. The lowest BCUT2D eigenvalue weighted by Gasteiger charge is -2.17. The van der Waals surface area contributed by atoms with Crippen LogP contribution in [0.2, 0.25) is 0 Å². The lowest BCUT2D eigenvalue weighted by atomic mass is 10.1. The molecule has 0 spiro atoms. The zero-order valence-electron chi connectivity index (χ0n) is 9.93. The third kappa shape index (κ3) is 2.85. The molecule has 0 aromatic heterocycles. The highest BCUT2D eigenvalue weighted by Crippen LogP contribution is 2.23. The van der Waals surface area contributed by atoms with Crippen molar-refractivity contribution in [3.8, 4) is 0 Å². The van der Waals surface area contributed by atoms with Crippen LogP contribution in [0.1, 0.15) is 10.4 Å². The zero-order chi connectivity index (χ0) is 14.0. The predicted octanol–water partition coefficient (Wildman–Crippen LogP) is -0.764. The van der Waals surface area contributed by atoms with Gasteiger partial charge in [-0.05, 0) is 24.3 Å². The standard InChI is InChI=1S/C12H15NO6/c14-5-8-9(15)10(16)11(19-8)13-7-3-1-6(2-4-7)12(17)18/h1-4,8-11,13-16H,5H2,(H,17,18)/t8-,9+,10+,11-/m0/s1. The molecule has 19 heavy (non-hydrogen) atoms. The summed E-state index contributed by atoms with van der Waals surface area (Å²) in [5.74, 6) is -1.03. The molecule has 0 bridgehead atoms. The molecule has 2 rings (SSSR count). The lowest BCUT2D eigenvalue weighted by Crippen LogP contribution is -2.36. The minimum atomic E-state index is -1.17. The number of carboxylic acid groups (broad SMARTS) is 1. The van der Waals surface area contributed by atoms with Gasteiger partial charge in [0.2, 0.25) is 0 Å². The predicted molar refractivity (Wildman–Crippen MR) is 64.8 cm³/mol. The van der Waals surface area contributed by atoms with Crippen LogP contribution in [0, 0.1) is 0 Å². The third-order valence-electron chi connectivity index (χ3n) is 2.98. The van der Waals surface area contributed by atoms with Gasteiger partial charge in [0.25, 0.3) is 0 Å². The molecule has 7 nitrogen and oxygen atoms in total. The first kappa shape index (κ1) is 13.8. The first-order valence-electron chi connectivity index (χ1n) is 5.75. The fourth-order valence-electron chi connectivity index (χ4n) is 1.89. The summed E-state index contributed by atoms with van der Waals surface area (Å²) in [5, 5.41) is 39.8. The molecule has 1 heterocycles. The van der Waals surface area contributed by atoms with Crippen molar-refractivity contribution in [1.29, 1.82) is 0 Å². The molecule has 0 unspecified atom stereocenters. The van der Waals surface area contributed by atoms with E-state index in [0.717, 1.165) is 0 Å². The second kappa shape index (κ2) is 5.54. The summed E-state index contributed by atoms with van der Waals surface area (Å²) in [6, 6.07) is 5.87. The Hall–Kier alpha value is -1.67. The van der Waals surface area contributed by atoms with Crippen molar-refractivity contribution >= 4 is 11.7 Å². The first-order chi connectivity index (χ1) is 9.02. The van der Waals surface area contributed by atoms with Gasteiger partial charge in [0.1, 0.15) is 18.3 Å². The maximum absolute atomic E-state index is 10.7. The van der Waals surface area contributed by atoms with Crippen LogP contribution in [0.15, 0.2) is 24.3 Å². The number of hydrogen-bond acceptors (Lipinski definition) is 6. The maximum Gasteiger partial charge on any atom is 0.335 e. The van der Waals surface area contributed by atoms with Gasteiger partial charge in [-0.3, -0.25) is 0 Å². The van der Waals surface area contributed by atoms with E-state index >= 15 is 0 Å². The highest BCUT2D eigenvalue weighted by molar-refractivity contribution is 5.87. The number of hydrogen-bond donors (Lipinski definition) is 5. The molecule has 1 aromatic carbocycles. The monoisotopic (exact) mass is 269 g/mol. The molecule has 1 fully saturated rings. The fraction of sp³-hybridized carbons (Fsp3) is 0.417. The lowest BCUT2D eigenvalue weighted by molar-refractivity contribution is -0.0153. The largest absolute Gasteiger partial charge is 0.478 e. The van der Waals surface area contributed by atoms with Crippen molar-refractivity contribution in [3.63, 3.8) is 0 Å². The number of rotatable bonds is 4. The smallest absolute Gasteiger partial charge is 0.335 e. The Bertz CT molecular complexity index is 448. The Balaban J connectivity index is 2.03. The number of aromatic carboxylic acids is 1. The molecule has 7 heteroatoms. The number of carboxylic acids is 1. The van der Waals surface area contributed by atoms with Crippen LogP contribution >= 0.6 is 0 Å². The van der Waals surface area contributed by atoms with Crippen molar-refractivity contribution in [3.05, 3.63) is 29.8 Å². The van der Waals surface area contributed by atoms with Gasteiger partial charge in [-0.1, -0.05) is 0 Å². The summed E-state index contributed by atoms with van der Waals surface area (Å²) in [7, 11) is 0. The van der Waals surface area contributed by atoms with Gasteiger partial charge < -0.3 is 30.5 Å². The molecule has 0 radical (unpaired) electrons. The molecule has 0 amide bonds. The Morgan fingerprint density at radius 3 is 2.32 bits per heavy atom. The van der Waals surface area contributed by atoms with Gasteiger partial charge in [-0.2, -0.15) is 0 Å². The average molecular weight is 269 g/mol. The second-order valence-corrected chi connectivity index (χ2v) is 4.29. The summed E-state index contributed by atoms with van der Waals surface area (Å²) in [6.07, 6.45) is -4.04. The molecule has 1 aromatic rings. The van der Waals surface area contributed by atoms with Crippen molar-refractivity contribution in [2.45, 2.75) is 24.5 Å². The quantitative estimate of drug-likeness (QED) is 0.487. The molecule has 1 aliphatic rings. The number of nitrogens with one attached hydrogen (secondary N) is 1. The number of ether oxygens (including phenoxy) is 1. The van der Waals surface area contributed by atoms with E-state index in [1.54, 1.807) is 0 Å². The molecule has 1 aliphatic heterocycles. The summed E-state index contributed by atoms with van der Waals surface area (Å²) in [5.41, 5.74) is 0.687. The van der Waals surface area contributed by atoms with E-state index < -0.39 is 37.1 Å². The van der Waals surface area contributed by atoms with Crippen LogP contribution < -0.4 is 5.32 Å². The second-order valence-electron chi connectivity index (χ2n) is 4.29. The van der Waals surface area contributed by atoms with E-state index in [9.17, 15) is 15.0 Å². The minimum absolute atomic E-state index is 0.145. The van der Waals surface area contributed by atoms with Crippen LogP contribution in [0.3, 0.4) is 0 Å². The number of aliphatic hydroxyl groups is 3. The number of aliphatic hydroxyl groups excluding tert-OH is 3. The van der Waals surface area contributed by atoms with Crippen LogP contribution in [-0.4, -0.2) is 57.5 Å². The molecular weight excluding hydrogens is 254 g/mol. The Morgan fingerprint density at radius 2 is 1.84 bits per heavy atom. The van der Waals surface area contributed by atoms with Crippen LogP contribution in [0.25, 0.3) is 0 Å². The number of benzene rings is 1. The summed E-state index contributed by atoms with van der Waals surface area (Å²) in [4.78, 5) is 10.7. The summed E-state index contributed by atoms with van der Waals surface area (Å²) >= 11 is 0. The summed E-state index contributed by atoms with van der Waals surface area (Å²) in [6.45, 7) is -0.394. The van der Waals surface area contributed by atoms with E-state index in [4.69, 9.17) is 14.9 Å². The van der Waals surface area contributed by atoms with E-state index in [1.165, 1.54) is 24.3 Å². The van der Waals surface area contributed by atoms with E-state index in [1.807, 2.05) is 0 Å². The van der Waals surface area contributed by atoms with Crippen molar-refractivity contribution in [1.82, 2.24) is 0 Å². The highest BCUT2D eigenvalue weighted by atomic mass is 16.6. The highest BCUT2D eigenvalue weighted by Gasteiger charge is 2.42. The topological polar surface area (TPSA) is 119 Å². The van der Waals surface area contributed by atoms with E-state index in [-0.39, 0.29) is 5.56 Å². The van der Waals surface area contributed by atoms with Gasteiger partial charge in [-0.25, -0.2) is 4.79 Å². The Labute approximate surface area is 109 Å². The van der Waals surface area contributed by atoms with Crippen molar-refractivity contribution < 1.29 is 30.0 Å². The number of anilines is 1. The molecule has 1 saturated heterocycles. The first-order valence-corrected chi connectivity index (χ1v) is 5.75. The number of carbonyl (C=O) groups is 1. The van der Waals surface area contributed by atoms with Crippen LogP contribution in [0.5, 0.6) is 0 Å². The molecule has 5 N–H and O–H groups in total. The molecule has 4 atom stereocenters. The fourth-order valence-corrected chi connectivity index (χ4v) is 1.89. The Morgan fingerprint density at radius 1 is 1.21 bits per heavy atom. The minimum Gasteiger partial charge on any atom is -0.478 e. The molecule has 0 saturated carbocycles. The van der Waals surface area contributed by atoms with E-state index in [2.05, 4.69) is 5.32 Å². The van der Waals surface area contributed by atoms with Crippen LogP contribution in [0.4, 0.5) is 5.69 Å². The average Bonchev–Trinajstić information content (AvgIpc) is 2.67. The maximum atomic E-state index is 10.7. The van der Waals surface area contributed by atoms with Crippen LogP contribution in [-0.2, 0) is 4.74 Å². The third-order valence-corrected chi connectivity index (χ3v) is 2.98. The van der Waals surface area contributed by atoms with Gasteiger partial charge in [-0.15, -0.1) is 0 Å². The molecule has 0 aliphatic carbocycles. The van der Waals surface area contributed by atoms with Gasteiger partial charge in [0.15, 0.2) is 6.23 Å². The van der Waals surface area contributed by atoms with Gasteiger partial charge in [0.05, 0.1) is 12.2 Å². The normalized spacial score (nSPS) is 30.3. The zero-order valence-corrected chi connectivity index (χ0v) is 9.93. The van der Waals surface area contributed by atoms with Gasteiger partial charge >= 0.3 is 5.97 Å². The Kier molecular flexibility index (Phi) is 4.01. The van der Waals surface area contributed by atoms with Crippen molar-refractivity contribution in [2.24, 2.45) is 0 Å². The SMILES string of the molecule is O=C(O)c1ccc(N[C@H]2O[C@@H](CO)[C@@H](O)[C@H]2O)cc1.